The number of carbonyl (C=O) groups is 1. The first kappa shape index (κ1) is 21.2. The lowest BCUT2D eigenvalue weighted by Crippen LogP contribution is -2.17. The molecule has 0 spiro atoms. The van der Waals surface area contributed by atoms with Gasteiger partial charge in [-0.1, -0.05) is 12.1 Å². The maximum Gasteiger partial charge on any atom is 0.573 e. The van der Waals surface area contributed by atoms with Gasteiger partial charge in [0, 0.05) is 28.4 Å². The first-order valence-electron chi connectivity index (χ1n) is 9.12. The number of hydrogen-bond acceptors (Lipinski definition) is 7. The Kier molecular flexibility index (Phi) is 5.99. The van der Waals surface area contributed by atoms with Gasteiger partial charge in [-0.25, -0.2) is 15.0 Å². The van der Waals surface area contributed by atoms with Gasteiger partial charge in [0.15, 0.2) is 5.13 Å². The highest BCUT2D eigenvalue weighted by Gasteiger charge is 2.31. The number of thiazole rings is 1. The molecule has 2 heterocycles. The van der Waals surface area contributed by atoms with Crippen LogP contribution >= 0.6 is 11.3 Å². The summed E-state index contributed by atoms with van der Waals surface area (Å²) in [5.74, 6) is -0.0879. The van der Waals surface area contributed by atoms with Crippen LogP contribution < -0.4 is 15.4 Å². The second-order valence-electron chi connectivity index (χ2n) is 6.36. The number of halogens is 3. The highest BCUT2D eigenvalue weighted by atomic mass is 32.1. The third kappa shape index (κ3) is 5.58. The van der Waals surface area contributed by atoms with Gasteiger partial charge in [0.25, 0.3) is 5.91 Å². The summed E-state index contributed by atoms with van der Waals surface area (Å²) in [5, 5.41) is 7.72. The fourth-order valence-electron chi connectivity index (χ4n) is 2.70. The Labute approximate surface area is 184 Å². The number of benzene rings is 2. The van der Waals surface area contributed by atoms with E-state index in [-0.39, 0.29) is 11.7 Å². The Hall–Kier alpha value is -3.99. The van der Waals surface area contributed by atoms with Crippen LogP contribution in [0.4, 0.5) is 29.8 Å². The van der Waals surface area contributed by atoms with Gasteiger partial charge < -0.3 is 10.1 Å². The molecule has 162 valence electrons. The van der Waals surface area contributed by atoms with E-state index >= 15 is 0 Å². The van der Waals surface area contributed by atoms with Crippen molar-refractivity contribution in [1.29, 1.82) is 0 Å². The number of aromatic nitrogens is 3. The number of nitrogens with one attached hydrogen (secondary N) is 2. The Morgan fingerprint density at radius 3 is 2.59 bits per heavy atom. The molecular formula is C21H14F3N5O2S. The van der Waals surface area contributed by atoms with Gasteiger partial charge in [0.1, 0.15) is 17.9 Å². The van der Waals surface area contributed by atoms with Crippen molar-refractivity contribution in [3.63, 3.8) is 0 Å². The third-order valence-corrected chi connectivity index (χ3v) is 4.85. The molecule has 7 nitrogen and oxygen atoms in total. The summed E-state index contributed by atoms with van der Waals surface area (Å²) in [5.41, 5.74) is 2.01. The summed E-state index contributed by atoms with van der Waals surface area (Å²) in [7, 11) is 0. The molecule has 0 unspecified atom stereocenters. The van der Waals surface area contributed by atoms with E-state index < -0.39 is 6.36 Å². The normalized spacial score (nSPS) is 11.1. The zero-order valence-corrected chi connectivity index (χ0v) is 16.9. The second kappa shape index (κ2) is 9.02. The number of rotatable bonds is 6. The van der Waals surface area contributed by atoms with E-state index in [9.17, 15) is 18.0 Å². The average Bonchev–Trinajstić information content (AvgIpc) is 3.22. The molecule has 2 aromatic heterocycles. The lowest BCUT2D eigenvalue weighted by Gasteiger charge is -2.09. The Balaban J connectivity index is 1.41. The van der Waals surface area contributed by atoms with Crippen LogP contribution in [0.5, 0.6) is 5.75 Å². The number of carbonyl (C=O) groups excluding carboxylic acids is 1. The highest BCUT2D eigenvalue weighted by molar-refractivity contribution is 7.14. The Morgan fingerprint density at radius 2 is 1.88 bits per heavy atom. The quantitative estimate of drug-likeness (QED) is 0.398. The summed E-state index contributed by atoms with van der Waals surface area (Å²) in [4.78, 5) is 24.7. The molecule has 1 amide bonds. The van der Waals surface area contributed by atoms with Crippen LogP contribution in [0.25, 0.3) is 11.3 Å². The smallest absolute Gasteiger partial charge is 0.406 e. The van der Waals surface area contributed by atoms with E-state index in [0.717, 1.165) is 17.0 Å². The maximum atomic E-state index is 12.5. The van der Waals surface area contributed by atoms with Crippen LogP contribution in [0.2, 0.25) is 0 Å². The van der Waals surface area contributed by atoms with Crippen LogP contribution in [0.1, 0.15) is 10.4 Å². The highest BCUT2D eigenvalue weighted by Crippen LogP contribution is 2.30. The molecule has 0 aliphatic heterocycles. The predicted octanol–water partition coefficient (Wildman–Crippen LogP) is 5.49. The molecule has 0 atom stereocenters. The second-order valence-corrected chi connectivity index (χ2v) is 7.22. The molecule has 32 heavy (non-hydrogen) atoms. The summed E-state index contributed by atoms with van der Waals surface area (Å²) in [6, 6.07) is 13.9. The molecule has 0 aliphatic rings. The number of anilines is 3. The van der Waals surface area contributed by atoms with Crippen molar-refractivity contribution in [2.45, 2.75) is 6.36 Å². The van der Waals surface area contributed by atoms with Crippen molar-refractivity contribution >= 4 is 33.9 Å². The molecule has 0 saturated heterocycles. The first-order valence-corrected chi connectivity index (χ1v) is 10.00. The van der Waals surface area contributed by atoms with Gasteiger partial charge in [0.2, 0.25) is 0 Å². The van der Waals surface area contributed by atoms with Gasteiger partial charge in [-0.15, -0.1) is 24.5 Å². The maximum absolute atomic E-state index is 12.5. The Morgan fingerprint density at radius 1 is 1.06 bits per heavy atom. The number of amides is 1. The van der Waals surface area contributed by atoms with Crippen molar-refractivity contribution in [3.8, 4) is 17.0 Å². The molecular weight excluding hydrogens is 443 g/mol. The van der Waals surface area contributed by atoms with E-state index in [1.165, 1.54) is 24.5 Å². The van der Waals surface area contributed by atoms with Crippen molar-refractivity contribution in [1.82, 2.24) is 15.0 Å². The molecule has 2 N–H and O–H groups in total. The summed E-state index contributed by atoms with van der Waals surface area (Å²) in [6.45, 7) is 0. The van der Waals surface area contributed by atoms with Crippen LogP contribution in [0.15, 0.2) is 72.5 Å². The van der Waals surface area contributed by atoms with Gasteiger partial charge in [-0.05, 0) is 42.5 Å². The predicted molar refractivity (Wildman–Crippen MR) is 114 cm³/mol. The number of ether oxygens (including phenoxy) is 1. The number of nitrogens with zero attached hydrogens (tertiary/aromatic N) is 3. The van der Waals surface area contributed by atoms with Crippen LogP contribution in [-0.4, -0.2) is 27.2 Å². The van der Waals surface area contributed by atoms with E-state index in [0.29, 0.717) is 27.8 Å². The van der Waals surface area contributed by atoms with E-state index in [4.69, 9.17) is 0 Å². The van der Waals surface area contributed by atoms with Crippen LogP contribution in [0.3, 0.4) is 0 Å². The minimum absolute atomic E-state index is 0.315. The zero-order chi connectivity index (χ0) is 22.6. The van der Waals surface area contributed by atoms with Crippen molar-refractivity contribution < 1.29 is 22.7 Å². The first-order chi connectivity index (χ1) is 15.4. The lowest BCUT2D eigenvalue weighted by atomic mass is 10.2. The molecule has 0 radical (unpaired) electrons. The Bertz CT molecular complexity index is 1210. The minimum Gasteiger partial charge on any atom is -0.406 e. The van der Waals surface area contributed by atoms with Crippen LogP contribution in [-0.2, 0) is 0 Å². The van der Waals surface area contributed by atoms with E-state index in [1.807, 2.05) is 0 Å². The average molecular weight is 457 g/mol. The third-order valence-electron chi connectivity index (χ3n) is 4.09. The summed E-state index contributed by atoms with van der Waals surface area (Å²) >= 11 is 1.16. The SMILES string of the molecule is O=C(Nc1nc(-c2cccc(OC(F)(F)F)c2)cs1)c1ccc(Nc2ccncn2)cc1. The number of hydrogen-bond donors (Lipinski definition) is 2. The standard InChI is InChI=1S/C21H14F3N5O2S/c22-21(23,24)31-16-3-1-2-14(10-16)17-11-32-20(28-17)29-19(30)13-4-6-15(7-5-13)27-18-8-9-25-12-26-18/h1-12H,(H,25,26,27)(H,28,29,30). The monoisotopic (exact) mass is 457 g/mol. The minimum atomic E-state index is -4.78. The lowest BCUT2D eigenvalue weighted by molar-refractivity contribution is -0.274. The zero-order valence-electron chi connectivity index (χ0n) is 16.1. The molecule has 11 heteroatoms. The van der Waals surface area contributed by atoms with Gasteiger partial charge >= 0.3 is 6.36 Å². The summed E-state index contributed by atoms with van der Waals surface area (Å²) in [6.07, 6.45) is -1.75. The molecule has 4 rings (SSSR count). The molecule has 0 saturated carbocycles. The molecule has 4 aromatic rings. The van der Waals surface area contributed by atoms with Crippen LogP contribution in [0, 0.1) is 0 Å². The molecule has 0 bridgehead atoms. The largest absolute Gasteiger partial charge is 0.573 e. The van der Waals surface area contributed by atoms with E-state index in [1.54, 1.807) is 48.0 Å². The molecule has 2 aromatic carbocycles. The fraction of sp³-hybridized carbons (Fsp3) is 0.0476. The number of alkyl halides is 3. The molecule has 0 aliphatic carbocycles. The van der Waals surface area contributed by atoms with Crippen molar-refractivity contribution in [2.24, 2.45) is 0 Å². The fourth-order valence-corrected chi connectivity index (χ4v) is 3.42. The van der Waals surface area contributed by atoms with Gasteiger partial charge in [-0.3, -0.25) is 10.1 Å². The van der Waals surface area contributed by atoms with Crippen molar-refractivity contribution in [2.75, 3.05) is 10.6 Å². The van der Waals surface area contributed by atoms with Gasteiger partial charge in [0.05, 0.1) is 5.69 Å². The van der Waals surface area contributed by atoms with E-state index in [2.05, 4.69) is 30.3 Å². The summed E-state index contributed by atoms with van der Waals surface area (Å²) < 4.78 is 41.2. The van der Waals surface area contributed by atoms with Gasteiger partial charge in [-0.2, -0.15) is 0 Å². The topological polar surface area (TPSA) is 89.0 Å². The molecule has 0 fully saturated rings. The van der Waals surface area contributed by atoms with Crippen molar-refractivity contribution in [3.05, 3.63) is 78.1 Å².